The molecule has 31 heavy (non-hydrogen) atoms. The highest BCUT2D eigenvalue weighted by atomic mass is 32.2. The number of anilines is 2. The maximum Gasteiger partial charge on any atom is 0.230 e. The highest BCUT2D eigenvalue weighted by Gasteiger charge is 2.36. The van der Waals surface area contributed by atoms with Crippen molar-refractivity contribution >= 4 is 35.1 Å². The Morgan fingerprint density at radius 3 is 2.61 bits per heavy atom. The molecule has 8 heteroatoms. The highest BCUT2D eigenvalue weighted by Crippen LogP contribution is 2.37. The first-order valence-electron chi connectivity index (χ1n) is 10.1. The van der Waals surface area contributed by atoms with Gasteiger partial charge in [0.05, 0.1) is 24.4 Å². The van der Waals surface area contributed by atoms with Crippen molar-refractivity contribution < 1.29 is 14.3 Å². The molecule has 1 N–H and O–H groups in total. The first kappa shape index (κ1) is 19.7. The predicted octanol–water partition coefficient (Wildman–Crippen LogP) is 3.62. The highest BCUT2D eigenvalue weighted by molar-refractivity contribution is 7.98. The zero-order chi connectivity index (χ0) is 21.4. The van der Waals surface area contributed by atoms with Crippen LogP contribution in [0.5, 0.6) is 5.75 Å². The number of fused-ring (bicyclic) bond motifs is 1. The Morgan fingerprint density at radius 2 is 1.87 bits per heavy atom. The van der Waals surface area contributed by atoms with Crippen LogP contribution in [0.2, 0.25) is 0 Å². The quantitative estimate of drug-likeness (QED) is 0.664. The van der Waals surface area contributed by atoms with Gasteiger partial charge >= 0.3 is 0 Å². The van der Waals surface area contributed by atoms with Crippen molar-refractivity contribution in [3.63, 3.8) is 0 Å². The third-order valence-corrected chi connectivity index (χ3v) is 6.64. The fraction of sp³-hybridized carbons (Fsp3) is 0.261. The number of thioether (sulfide) groups is 1. The molecule has 0 saturated carbocycles. The second-order valence-corrected chi connectivity index (χ2v) is 8.59. The summed E-state index contributed by atoms with van der Waals surface area (Å²) in [7, 11) is 1.63. The molecule has 2 amide bonds. The van der Waals surface area contributed by atoms with Crippen LogP contribution in [0.3, 0.4) is 0 Å². The average Bonchev–Trinajstić information content (AvgIpc) is 3.50. The van der Waals surface area contributed by atoms with Gasteiger partial charge in [0.2, 0.25) is 11.8 Å². The first-order valence-corrected chi connectivity index (χ1v) is 11.3. The van der Waals surface area contributed by atoms with Crippen LogP contribution in [0.25, 0.3) is 5.69 Å². The SMILES string of the molecule is COc1ccc(-n2nc3c(c2NC(=O)C2CC(=O)N(c4ccccc4)C2)CSC3)cc1. The molecule has 0 spiro atoms. The lowest BCUT2D eigenvalue weighted by Crippen LogP contribution is -2.28. The van der Waals surface area contributed by atoms with Gasteiger partial charge in [-0.2, -0.15) is 16.9 Å². The fourth-order valence-electron chi connectivity index (χ4n) is 4.01. The molecule has 2 aliphatic heterocycles. The number of aromatic nitrogens is 2. The van der Waals surface area contributed by atoms with Crippen LogP contribution >= 0.6 is 11.8 Å². The number of amides is 2. The number of para-hydroxylation sites is 1. The summed E-state index contributed by atoms with van der Waals surface area (Å²) < 4.78 is 7.03. The largest absolute Gasteiger partial charge is 0.497 e. The van der Waals surface area contributed by atoms with Crippen molar-refractivity contribution in [2.75, 3.05) is 23.9 Å². The van der Waals surface area contributed by atoms with Crippen molar-refractivity contribution in [3.05, 3.63) is 65.9 Å². The summed E-state index contributed by atoms with van der Waals surface area (Å²) in [6.45, 7) is 0.377. The van der Waals surface area contributed by atoms with E-state index >= 15 is 0 Å². The molecule has 5 rings (SSSR count). The van der Waals surface area contributed by atoms with E-state index in [1.807, 2.05) is 54.6 Å². The number of carbonyl (C=O) groups excluding carboxylic acids is 2. The van der Waals surface area contributed by atoms with E-state index in [-0.39, 0.29) is 18.2 Å². The van der Waals surface area contributed by atoms with E-state index in [0.29, 0.717) is 12.4 Å². The lowest BCUT2D eigenvalue weighted by molar-refractivity contribution is -0.122. The van der Waals surface area contributed by atoms with E-state index in [2.05, 4.69) is 5.32 Å². The van der Waals surface area contributed by atoms with Crippen molar-refractivity contribution in [1.82, 2.24) is 9.78 Å². The van der Waals surface area contributed by atoms with Crippen molar-refractivity contribution in [2.45, 2.75) is 17.9 Å². The minimum Gasteiger partial charge on any atom is -0.497 e. The number of methoxy groups -OCH3 is 1. The number of hydrogen-bond donors (Lipinski definition) is 1. The summed E-state index contributed by atoms with van der Waals surface area (Å²) >= 11 is 1.78. The molecular weight excluding hydrogens is 412 g/mol. The third kappa shape index (κ3) is 3.67. The van der Waals surface area contributed by atoms with Gasteiger partial charge in [0, 0.05) is 35.7 Å². The smallest absolute Gasteiger partial charge is 0.230 e. The number of hydrogen-bond acceptors (Lipinski definition) is 5. The van der Waals surface area contributed by atoms with Crippen molar-refractivity contribution in [1.29, 1.82) is 0 Å². The number of nitrogens with one attached hydrogen (secondary N) is 1. The van der Waals surface area contributed by atoms with Gasteiger partial charge in [-0.15, -0.1) is 0 Å². The number of nitrogens with zero attached hydrogens (tertiary/aromatic N) is 3. The third-order valence-electron chi connectivity index (χ3n) is 5.67. The minimum absolute atomic E-state index is 0.0317. The Balaban J connectivity index is 1.40. The summed E-state index contributed by atoms with van der Waals surface area (Å²) in [5.41, 5.74) is 3.72. The van der Waals surface area contributed by atoms with Gasteiger partial charge in [0.15, 0.2) is 0 Å². The molecule has 0 bridgehead atoms. The van der Waals surface area contributed by atoms with E-state index in [1.165, 1.54) is 0 Å². The zero-order valence-corrected chi connectivity index (χ0v) is 17.9. The Hall–Kier alpha value is -3.26. The van der Waals surface area contributed by atoms with Gasteiger partial charge in [0.25, 0.3) is 0 Å². The maximum atomic E-state index is 13.2. The van der Waals surface area contributed by atoms with Gasteiger partial charge < -0.3 is 15.0 Å². The van der Waals surface area contributed by atoms with E-state index in [9.17, 15) is 9.59 Å². The Morgan fingerprint density at radius 1 is 1.10 bits per heavy atom. The van der Waals surface area contributed by atoms with Crippen LogP contribution in [-0.4, -0.2) is 35.2 Å². The summed E-state index contributed by atoms with van der Waals surface area (Å²) in [6.07, 6.45) is 0.203. The second-order valence-electron chi connectivity index (χ2n) is 7.61. The zero-order valence-electron chi connectivity index (χ0n) is 17.1. The Kier molecular flexibility index (Phi) is 5.15. The lowest BCUT2D eigenvalue weighted by Gasteiger charge is -2.17. The Bertz CT molecular complexity index is 1130. The lowest BCUT2D eigenvalue weighted by atomic mass is 10.1. The van der Waals surface area contributed by atoms with Crippen LogP contribution in [0, 0.1) is 5.92 Å². The van der Waals surface area contributed by atoms with Crippen molar-refractivity contribution in [3.8, 4) is 11.4 Å². The number of ether oxygens (including phenoxy) is 1. The average molecular weight is 435 g/mol. The van der Waals surface area contributed by atoms with Gasteiger partial charge in [-0.3, -0.25) is 9.59 Å². The van der Waals surface area contributed by atoms with Crippen LogP contribution in [0.4, 0.5) is 11.5 Å². The monoisotopic (exact) mass is 434 g/mol. The molecular formula is C23H22N4O3S. The molecule has 1 aromatic heterocycles. The number of benzene rings is 2. The van der Waals surface area contributed by atoms with Gasteiger partial charge in [-0.1, -0.05) is 18.2 Å². The molecule has 7 nitrogen and oxygen atoms in total. The molecule has 158 valence electrons. The molecule has 2 aliphatic rings. The Labute approximate surface area is 184 Å². The van der Waals surface area contributed by atoms with Gasteiger partial charge in [0.1, 0.15) is 11.6 Å². The van der Waals surface area contributed by atoms with Crippen LogP contribution in [0.1, 0.15) is 17.7 Å². The molecule has 1 atom stereocenters. The topological polar surface area (TPSA) is 76.5 Å². The number of rotatable bonds is 5. The minimum atomic E-state index is -0.406. The van der Waals surface area contributed by atoms with Gasteiger partial charge in [-0.05, 0) is 36.4 Å². The molecule has 1 saturated heterocycles. The van der Waals surface area contributed by atoms with E-state index in [4.69, 9.17) is 9.84 Å². The number of carbonyl (C=O) groups is 2. The predicted molar refractivity (Wildman–Crippen MR) is 121 cm³/mol. The molecule has 0 radical (unpaired) electrons. The summed E-state index contributed by atoms with van der Waals surface area (Å²) in [5, 5.41) is 7.83. The standard InChI is InChI=1S/C23H22N4O3S/c1-30-18-9-7-17(8-10-18)27-22(19-13-31-14-20(19)25-27)24-23(29)15-11-21(28)26(12-15)16-5-3-2-4-6-16/h2-10,15H,11-14H2,1H3,(H,24,29). The molecule has 0 aliphatic carbocycles. The van der Waals surface area contributed by atoms with Gasteiger partial charge in [-0.25, -0.2) is 4.68 Å². The normalized spacial score (nSPS) is 17.6. The van der Waals surface area contributed by atoms with Crippen molar-refractivity contribution in [2.24, 2.45) is 5.92 Å². The second kappa shape index (κ2) is 8.11. The van der Waals surface area contributed by atoms with E-state index < -0.39 is 5.92 Å². The van der Waals surface area contributed by atoms with E-state index in [0.717, 1.165) is 39.9 Å². The van der Waals surface area contributed by atoms with Crippen LogP contribution in [-0.2, 0) is 21.1 Å². The summed E-state index contributed by atoms with van der Waals surface area (Å²) in [5.74, 6) is 2.50. The van der Waals surface area contributed by atoms with Crippen LogP contribution < -0.4 is 15.0 Å². The molecule has 1 unspecified atom stereocenters. The first-order chi connectivity index (χ1) is 15.1. The molecule has 3 aromatic rings. The molecule has 2 aromatic carbocycles. The summed E-state index contributed by atoms with van der Waals surface area (Å²) in [4.78, 5) is 27.4. The fourth-order valence-corrected chi connectivity index (χ4v) is 5.05. The summed E-state index contributed by atoms with van der Waals surface area (Å²) in [6, 6.07) is 17.1. The maximum absolute atomic E-state index is 13.2. The van der Waals surface area contributed by atoms with Crippen LogP contribution in [0.15, 0.2) is 54.6 Å². The molecule has 1 fully saturated rings. The van der Waals surface area contributed by atoms with E-state index in [1.54, 1.807) is 28.5 Å². The molecule has 3 heterocycles.